The third-order valence-electron chi connectivity index (χ3n) is 4.91. The zero-order chi connectivity index (χ0) is 20.4. The molecule has 1 aliphatic heterocycles. The van der Waals surface area contributed by atoms with Crippen LogP contribution in [0.15, 0.2) is 36.4 Å². The van der Waals surface area contributed by atoms with E-state index in [1.807, 2.05) is 13.8 Å². The van der Waals surface area contributed by atoms with E-state index in [9.17, 15) is 14.0 Å². The molecule has 0 saturated heterocycles. The molecule has 1 atom stereocenters. The number of anilines is 2. The van der Waals surface area contributed by atoms with Gasteiger partial charge in [0.2, 0.25) is 5.91 Å². The highest BCUT2D eigenvalue weighted by Gasteiger charge is 2.41. The molecule has 0 saturated carbocycles. The van der Waals surface area contributed by atoms with Crippen molar-refractivity contribution in [2.24, 2.45) is 0 Å². The number of amides is 2. The van der Waals surface area contributed by atoms with Gasteiger partial charge in [-0.2, -0.15) is 0 Å². The summed E-state index contributed by atoms with van der Waals surface area (Å²) in [6, 6.07) is 8.22. The van der Waals surface area contributed by atoms with E-state index in [4.69, 9.17) is 9.47 Å². The minimum absolute atomic E-state index is 0.190. The van der Waals surface area contributed by atoms with E-state index < -0.39 is 17.8 Å². The number of ether oxygens (including phenoxy) is 2. The first kappa shape index (κ1) is 19.7. The Morgan fingerprint density at radius 3 is 2.43 bits per heavy atom. The molecule has 0 fully saturated rings. The Kier molecular flexibility index (Phi) is 5.53. The lowest BCUT2D eigenvalue weighted by Gasteiger charge is -2.41. The number of hydrogen-bond acceptors (Lipinski definition) is 4. The van der Waals surface area contributed by atoms with Crippen LogP contribution in [0.4, 0.5) is 15.8 Å². The fourth-order valence-electron chi connectivity index (χ4n) is 3.53. The number of likely N-dealkylation sites (N-methyl/N-ethyl adjacent to an activating group) is 1. The summed E-state index contributed by atoms with van der Waals surface area (Å²) in [6.07, 6.45) is 0.398. The predicted octanol–water partition coefficient (Wildman–Crippen LogP) is 3.63. The Morgan fingerprint density at radius 1 is 1.07 bits per heavy atom. The molecule has 28 heavy (non-hydrogen) atoms. The Labute approximate surface area is 163 Å². The van der Waals surface area contributed by atoms with Crippen molar-refractivity contribution in [3.05, 3.63) is 47.8 Å². The third-order valence-corrected chi connectivity index (χ3v) is 4.91. The minimum atomic E-state index is -0.728. The number of carbonyl (C=O) groups excluding carboxylic acids is 2. The molecule has 148 valence electrons. The average Bonchev–Trinajstić information content (AvgIpc) is 2.72. The lowest BCUT2D eigenvalue weighted by Crippen LogP contribution is -2.55. The number of fused-ring (bicyclic) bond motifs is 1. The van der Waals surface area contributed by atoms with Crippen LogP contribution in [-0.4, -0.2) is 38.6 Å². The lowest BCUT2D eigenvalue weighted by atomic mass is 10.0. The number of benzene rings is 2. The van der Waals surface area contributed by atoms with Crippen molar-refractivity contribution in [2.45, 2.75) is 26.3 Å². The third kappa shape index (κ3) is 3.17. The van der Waals surface area contributed by atoms with Crippen LogP contribution in [0.2, 0.25) is 0 Å². The van der Waals surface area contributed by atoms with Crippen LogP contribution in [0.1, 0.15) is 30.6 Å². The highest BCUT2D eigenvalue weighted by Crippen LogP contribution is 2.39. The Bertz CT molecular complexity index is 915. The van der Waals surface area contributed by atoms with E-state index >= 15 is 0 Å². The number of rotatable bonds is 5. The Hall–Kier alpha value is -3.09. The summed E-state index contributed by atoms with van der Waals surface area (Å²) >= 11 is 0. The van der Waals surface area contributed by atoms with Crippen molar-refractivity contribution in [1.82, 2.24) is 0 Å². The topological polar surface area (TPSA) is 59.1 Å². The van der Waals surface area contributed by atoms with Crippen molar-refractivity contribution < 1.29 is 23.5 Å². The van der Waals surface area contributed by atoms with Gasteiger partial charge in [0.15, 0.2) is 0 Å². The molecule has 2 amide bonds. The second-order valence-corrected chi connectivity index (χ2v) is 6.38. The summed E-state index contributed by atoms with van der Waals surface area (Å²) < 4.78 is 24.6. The van der Waals surface area contributed by atoms with Crippen molar-refractivity contribution in [3.8, 4) is 11.5 Å². The molecule has 2 aromatic carbocycles. The van der Waals surface area contributed by atoms with Crippen molar-refractivity contribution >= 4 is 23.2 Å². The van der Waals surface area contributed by atoms with Gasteiger partial charge in [-0.05, 0) is 43.7 Å². The summed E-state index contributed by atoms with van der Waals surface area (Å²) in [5.41, 5.74) is 1.16. The fraction of sp³-hybridized carbons (Fsp3) is 0.333. The van der Waals surface area contributed by atoms with Gasteiger partial charge in [-0.1, -0.05) is 6.92 Å². The van der Waals surface area contributed by atoms with Crippen molar-refractivity contribution in [2.75, 3.05) is 30.6 Å². The van der Waals surface area contributed by atoms with Gasteiger partial charge >= 0.3 is 0 Å². The first-order valence-electron chi connectivity index (χ1n) is 9.13. The number of halogens is 1. The van der Waals surface area contributed by atoms with Gasteiger partial charge in [0.05, 0.1) is 31.2 Å². The highest BCUT2D eigenvalue weighted by atomic mass is 19.1. The largest absolute Gasteiger partial charge is 0.497 e. The van der Waals surface area contributed by atoms with E-state index in [1.165, 1.54) is 37.3 Å². The first-order chi connectivity index (χ1) is 13.5. The molecule has 0 aliphatic carbocycles. The summed E-state index contributed by atoms with van der Waals surface area (Å²) in [5.74, 6) is -0.230. The van der Waals surface area contributed by atoms with Crippen LogP contribution in [0.3, 0.4) is 0 Å². The fourth-order valence-corrected chi connectivity index (χ4v) is 3.53. The lowest BCUT2D eigenvalue weighted by molar-refractivity contribution is -0.120. The number of carbonyl (C=O) groups is 2. The van der Waals surface area contributed by atoms with Crippen LogP contribution in [0.5, 0.6) is 11.5 Å². The summed E-state index contributed by atoms with van der Waals surface area (Å²) in [5, 5.41) is 0. The molecule has 7 heteroatoms. The van der Waals surface area contributed by atoms with Gasteiger partial charge in [-0.3, -0.25) is 14.5 Å². The van der Waals surface area contributed by atoms with Gasteiger partial charge < -0.3 is 14.4 Å². The normalized spacial score (nSPS) is 16.0. The van der Waals surface area contributed by atoms with Crippen molar-refractivity contribution in [3.63, 3.8) is 0 Å². The van der Waals surface area contributed by atoms with Crippen LogP contribution in [0.25, 0.3) is 0 Å². The molecule has 0 unspecified atom stereocenters. The standard InChI is InChI=1S/C21H23FN2O4/c1-5-16-21(26)23(6-2)17-10-7-13(22)11-18(17)24(16)20(25)15-9-8-14(27-3)12-19(15)28-4/h7-12,16H,5-6H2,1-4H3/t16-/m1/s1. The smallest absolute Gasteiger partial charge is 0.262 e. The number of hydrogen-bond donors (Lipinski definition) is 0. The van der Waals surface area contributed by atoms with E-state index in [2.05, 4.69) is 0 Å². The second-order valence-electron chi connectivity index (χ2n) is 6.38. The maximum Gasteiger partial charge on any atom is 0.262 e. The molecule has 0 aromatic heterocycles. The molecule has 0 radical (unpaired) electrons. The maximum absolute atomic E-state index is 14.1. The minimum Gasteiger partial charge on any atom is -0.497 e. The quantitative estimate of drug-likeness (QED) is 0.787. The monoisotopic (exact) mass is 386 g/mol. The molecule has 0 N–H and O–H groups in total. The first-order valence-corrected chi connectivity index (χ1v) is 9.13. The van der Waals surface area contributed by atoms with E-state index in [-0.39, 0.29) is 11.5 Å². The molecule has 6 nitrogen and oxygen atoms in total. The van der Waals surface area contributed by atoms with Crippen LogP contribution in [0, 0.1) is 5.82 Å². The summed E-state index contributed by atoms with van der Waals surface area (Å²) in [7, 11) is 2.97. The second kappa shape index (κ2) is 7.88. The van der Waals surface area contributed by atoms with Crippen LogP contribution >= 0.6 is 0 Å². The van der Waals surface area contributed by atoms with Gasteiger partial charge in [0, 0.05) is 12.6 Å². The number of nitrogens with zero attached hydrogens (tertiary/aromatic N) is 2. The molecule has 1 aliphatic rings. The predicted molar refractivity (Wildman–Crippen MR) is 105 cm³/mol. The molecular formula is C21H23FN2O4. The highest BCUT2D eigenvalue weighted by molar-refractivity contribution is 6.18. The van der Waals surface area contributed by atoms with E-state index in [0.717, 1.165) is 0 Å². The van der Waals surface area contributed by atoms with Gasteiger partial charge in [0.25, 0.3) is 5.91 Å². The molecule has 1 heterocycles. The molecule has 2 aromatic rings. The van der Waals surface area contributed by atoms with Gasteiger partial charge in [-0.15, -0.1) is 0 Å². The molecule has 0 bridgehead atoms. The summed E-state index contributed by atoms with van der Waals surface area (Å²) in [6.45, 7) is 4.11. The zero-order valence-corrected chi connectivity index (χ0v) is 16.4. The maximum atomic E-state index is 14.1. The van der Waals surface area contributed by atoms with Crippen LogP contribution in [-0.2, 0) is 4.79 Å². The molecular weight excluding hydrogens is 363 g/mol. The van der Waals surface area contributed by atoms with E-state index in [0.29, 0.717) is 35.8 Å². The van der Waals surface area contributed by atoms with Gasteiger partial charge in [-0.25, -0.2) is 4.39 Å². The van der Waals surface area contributed by atoms with Crippen molar-refractivity contribution in [1.29, 1.82) is 0 Å². The zero-order valence-electron chi connectivity index (χ0n) is 16.4. The average molecular weight is 386 g/mol. The SMILES string of the molecule is CC[C@@H]1C(=O)N(CC)c2ccc(F)cc2N1C(=O)c1ccc(OC)cc1OC. The van der Waals surface area contributed by atoms with Gasteiger partial charge in [0.1, 0.15) is 23.4 Å². The molecule has 0 spiro atoms. The summed E-state index contributed by atoms with van der Waals surface area (Å²) in [4.78, 5) is 29.5. The van der Waals surface area contributed by atoms with Crippen LogP contribution < -0.4 is 19.3 Å². The Morgan fingerprint density at radius 2 is 1.82 bits per heavy atom. The van der Waals surface area contributed by atoms with E-state index in [1.54, 1.807) is 23.1 Å². The number of methoxy groups -OCH3 is 2. The Balaban J connectivity index is 2.17. The molecule has 3 rings (SSSR count).